The van der Waals surface area contributed by atoms with Gasteiger partial charge in [-0.1, -0.05) is 36.4 Å². The van der Waals surface area contributed by atoms with Crippen LogP contribution in [-0.2, 0) is 4.74 Å². The van der Waals surface area contributed by atoms with Crippen molar-refractivity contribution in [1.82, 2.24) is 0 Å². The fourth-order valence-corrected chi connectivity index (χ4v) is 2.66. The summed E-state index contributed by atoms with van der Waals surface area (Å²) >= 11 is 0. The van der Waals surface area contributed by atoms with E-state index in [-0.39, 0.29) is 28.4 Å². The number of carbonyl (C=O) groups is 3. The first-order valence-corrected chi connectivity index (χ1v) is 7.59. The van der Waals surface area contributed by atoms with E-state index in [4.69, 9.17) is 4.74 Å². The molecular formula is C19H17NO4. The van der Waals surface area contributed by atoms with Crippen molar-refractivity contribution in [2.45, 2.75) is 26.4 Å². The molecule has 0 aromatic heterocycles. The van der Waals surface area contributed by atoms with E-state index in [1.807, 2.05) is 0 Å². The van der Waals surface area contributed by atoms with Crippen LogP contribution in [0.2, 0.25) is 0 Å². The predicted octanol–water partition coefficient (Wildman–Crippen LogP) is 3.81. The molecule has 24 heavy (non-hydrogen) atoms. The summed E-state index contributed by atoms with van der Waals surface area (Å²) in [6, 6.07) is 11.5. The van der Waals surface area contributed by atoms with E-state index in [0.717, 1.165) is 0 Å². The van der Waals surface area contributed by atoms with Crippen LogP contribution in [-0.4, -0.2) is 23.3 Å². The first-order chi connectivity index (χ1) is 11.3. The molecule has 0 radical (unpaired) electrons. The normalized spacial score (nSPS) is 13.1. The molecule has 1 N–H and O–H groups in total. The summed E-state index contributed by atoms with van der Waals surface area (Å²) in [6.07, 6.45) is -0.671. The van der Waals surface area contributed by atoms with Gasteiger partial charge in [0.25, 0.3) is 0 Å². The van der Waals surface area contributed by atoms with E-state index in [9.17, 15) is 14.4 Å². The molecule has 0 saturated carbocycles. The molecule has 3 rings (SSSR count). The van der Waals surface area contributed by atoms with E-state index < -0.39 is 11.7 Å². The van der Waals surface area contributed by atoms with Crippen molar-refractivity contribution in [1.29, 1.82) is 0 Å². The van der Waals surface area contributed by atoms with Crippen LogP contribution in [0.3, 0.4) is 0 Å². The van der Waals surface area contributed by atoms with Crippen LogP contribution in [0, 0.1) is 0 Å². The Morgan fingerprint density at radius 1 is 0.875 bits per heavy atom. The SMILES string of the molecule is CC(C)(C)OC(=O)Nc1cccc2c1C(=O)c1ccccc1C2=O. The minimum atomic E-state index is -0.671. The van der Waals surface area contributed by atoms with Gasteiger partial charge in [0.1, 0.15) is 5.60 Å². The molecule has 2 aromatic rings. The lowest BCUT2D eigenvalue weighted by molar-refractivity contribution is 0.0635. The second-order valence-electron chi connectivity index (χ2n) is 6.56. The Hall–Kier alpha value is -2.95. The van der Waals surface area contributed by atoms with Crippen LogP contribution in [0.4, 0.5) is 10.5 Å². The molecule has 1 amide bonds. The van der Waals surface area contributed by atoms with Crippen LogP contribution < -0.4 is 5.32 Å². The zero-order chi connectivity index (χ0) is 17.5. The van der Waals surface area contributed by atoms with Gasteiger partial charge < -0.3 is 4.74 Å². The quantitative estimate of drug-likeness (QED) is 0.739. The Labute approximate surface area is 139 Å². The van der Waals surface area contributed by atoms with Gasteiger partial charge in [-0.15, -0.1) is 0 Å². The zero-order valence-electron chi connectivity index (χ0n) is 13.7. The number of hydrogen-bond donors (Lipinski definition) is 1. The van der Waals surface area contributed by atoms with Crippen LogP contribution in [0.5, 0.6) is 0 Å². The molecule has 0 saturated heterocycles. The van der Waals surface area contributed by atoms with E-state index >= 15 is 0 Å². The summed E-state index contributed by atoms with van der Waals surface area (Å²) in [7, 11) is 0. The highest BCUT2D eigenvalue weighted by Gasteiger charge is 2.32. The number of ketones is 2. The number of rotatable bonds is 1. The molecule has 0 unspecified atom stereocenters. The number of hydrogen-bond acceptors (Lipinski definition) is 4. The molecule has 1 aliphatic carbocycles. The van der Waals surface area contributed by atoms with Gasteiger partial charge in [-0.25, -0.2) is 4.79 Å². The van der Waals surface area contributed by atoms with E-state index in [1.54, 1.807) is 63.2 Å². The molecule has 0 spiro atoms. The molecule has 5 nitrogen and oxygen atoms in total. The Morgan fingerprint density at radius 2 is 1.46 bits per heavy atom. The van der Waals surface area contributed by atoms with Gasteiger partial charge in [-0.05, 0) is 26.8 Å². The fraction of sp³-hybridized carbons (Fsp3) is 0.211. The van der Waals surface area contributed by atoms with Crippen molar-refractivity contribution in [3.05, 3.63) is 64.7 Å². The third-order valence-electron chi connectivity index (χ3n) is 3.59. The van der Waals surface area contributed by atoms with Gasteiger partial charge in [0.05, 0.1) is 11.3 Å². The lowest BCUT2D eigenvalue weighted by Crippen LogP contribution is -2.29. The van der Waals surface area contributed by atoms with Gasteiger partial charge in [0.15, 0.2) is 11.6 Å². The van der Waals surface area contributed by atoms with E-state index in [0.29, 0.717) is 11.1 Å². The fourth-order valence-electron chi connectivity index (χ4n) is 2.66. The standard InChI is InChI=1S/C19H17NO4/c1-19(2,3)24-18(23)20-14-10-6-9-13-15(14)17(22)12-8-5-4-7-11(12)16(13)21/h4-10H,1-3H3,(H,20,23). The van der Waals surface area contributed by atoms with Gasteiger partial charge >= 0.3 is 6.09 Å². The first-order valence-electron chi connectivity index (χ1n) is 7.59. The zero-order valence-corrected chi connectivity index (χ0v) is 13.7. The van der Waals surface area contributed by atoms with E-state index in [1.165, 1.54) is 0 Å². The van der Waals surface area contributed by atoms with Crippen LogP contribution in [0.1, 0.15) is 52.6 Å². The summed E-state index contributed by atoms with van der Waals surface area (Å²) in [5.74, 6) is -0.514. The smallest absolute Gasteiger partial charge is 0.412 e. The Kier molecular flexibility index (Phi) is 3.72. The average molecular weight is 323 g/mol. The molecule has 122 valence electrons. The highest BCUT2D eigenvalue weighted by atomic mass is 16.6. The summed E-state index contributed by atoms with van der Waals surface area (Å²) in [5.41, 5.74) is 0.817. The lowest BCUT2D eigenvalue weighted by atomic mass is 9.83. The van der Waals surface area contributed by atoms with Crippen molar-refractivity contribution >= 4 is 23.3 Å². The Balaban J connectivity index is 2.03. The molecule has 0 fully saturated rings. The van der Waals surface area contributed by atoms with Crippen LogP contribution in [0.25, 0.3) is 0 Å². The average Bonchev–Trinajstić information content (AvgIpc) is 2.50. The number of amides is 1. The third kappa shape index (κ3) is 2.80. The van der Waals surface area contributed by atoms with Crippen molar-refractivity contribution in [3.8, 4) is 0 Å². The Morgan fingerprint density at radius 3 is 2.08 bits per heavy atom. The third-order valence-corrected chi connectivity index (χ3v) is 3.59. The Bertz CT molecular complexity index is 862. The predicted molar refractivity (Wildman–Crippen MR) is 89.6 cm³/mol. The van der Waals surface area contributed by atoms with Gasteiger partial charge in [-0.3, -0.25) is 14.9 Å². The first kappa shape index (κ1) is 15.9. The molecule has 5 heteroatoms. The maximum atomic E-state index is 12.8. The molecule has 0 atom stereocenters. The van der Waals surface area contributed by atoms with Crippen molar-refractivity contribution in [2.75, 3.05) is 5.32 Å². The monoisotopic (exact) mass is 323 g/mol. The number of benzene rings is 2. The minimum absolute atomic E-state index is 0.201. The maximum absolute atomic E-state index is 12.8. The van der Waals surface area contributed by atoms with Gasteiger partial charge in [0.2, 0.25) is 0 Å². The second-order valence-corrected chi connectivity index (χ2v) is 6.56. The number of nitrogens with one attached hydrogen (secondary N) is 1. The summed E-state index contributed by atoms with van der Waals surface area (Å²) < 4.78 is 5.22. The number of fused-ring (bicyclic) bond motifs is 2. The molecule has 0 heterocycles. The molecule has 0 bridgehead atoms. The molecule has 1 aliphatic rings. The largest absolute Gasteiger partial charge is 0.444 e. The maximum Gasteiger partial charge on any atom is 0.412 e. The number of anilines is 1. The van der Waals surface area contributed by atoms with Gasteiger partial charge in [-0.2, -0.15) is 0 Å². The van der Waals surface area contributed by atoms with Crippen LogP contribution in [0.15, 0.2) is 42.5 Å². The minimum Gasteiger partial charge on any atom is -0.444 e. The molecular weight excluding hydrogens is 306 g/mol. The molecule has 0 aliphatic heterocycles. The van der Waals surface area contributed by atoms with Crippen molar-refractivity contribution < 1.29 is 19.1 Å². The summed E-state index contributed by atoms with van der Waals surface area (Å²) in [5, 5.41) is 2.57. The topological polar surface area (TPSA) is 72.5 Å². The summed E-state index contributed by atoms with van der Waals surface area (Å²) in [6.45, 7) is 5.24. The highest BCUT2D eigenvalue weighted by Crippen LogP contribution is 2.32. The lowest BCUT2D eigenvalue weighted by Gasteiger charge is -2.22. The highest BCUT2D eigenvalue weighted by molar-refractivity contribution is 6.30. The van der Waals surface area contributed by atoms with Crippen molar-refractivity contribution in [3.63, 3.8) is 0 Å². The number of ether oxygens (including phenoxy) is 1. The van der Waals surface area contributed by atoms with Gasteiger partial charge in [0, 0.05) is 16.7 Å². The molecule has 2 aromatic carbocycles. The van der Waals surface area contributed by atoms with Crippen molar-refractivity contribution in [2.24, 2.45) is 0 Å². The van der Waals surface area contributed by atoms with Crippen LogP contribution >= 0.6 is 0 Å². The second kappa shape index (κ2) is 5.60. The number of carbonyl (C=O) groups excluding carboxylic acids is 3. The summed E-state index contributed by atoms with van der Waals surface area (Å²) in [4.78, 5) is 37.4. The van der Waals surface area contributed by atoms with E-state index in [2.05, 4.69) is 5.32 Å².